The Labute approximate surface area is 119 Å². The van der Waals surface area contributed by atoms with E-state index >= 15 is 0 Å². The summed E-state index contributed by atoms with van der Waals surface area (Å²) in [6, 6.07) is 8.75. The number of benzene rings is 1. The van der Waals surface area contributed by atoms with Crippen molar-refractivity contribution in [2.75, 3.05) is 26.7 Å². The number of rotatable bonds is 4. The van der Waals surface area contributed by atoms with Crippen molar-refractivity contribution in [1.82, 2.24) is 10.2 Å². The van der Waals surface area contributed by atoms with Crippen LogP contribution >= 0.6 is 11.3 Å². The molecule has 0 saturated carbocycles. The number of hydrogen-bond acceptors (Lipinski definition) is 3. The second-order valence-corrected chi connectivity index (χ2v) is 6.97. The summed E-state index contributed by atoms with van der Waals surface area (Å²) in [7, 11) is 2.06. The van der Waals surface area contributed by atoms with Gasteiger partial charge in [0.05, 0.1) is 0 Å². The summed E-state index contributed by atoms with van der Waals surface area (Å²) >= 11 is 1.87. The van der Waals surface area contributed by atoms with Gasteiger partial charge in [0.15, 0.2) is 0 Å². The third kappa shape index (κ3) is 2.69. The van der Waals surface area contributed by atoms with Crippen molar-refractivity contribution in [3.63, 3.8) is 0 Å². The van der Waals surface area contributed by atoms with Gasteiger partial charge >= 0.3 is 0 Å². The Kier molecular flexibility index (Phi) is 3.61. The van der Waals surface area contributed by atoms with E-state index in [2.05, 4.69) is 53.8 Å². The van der Waals surface area contributed by atoms with Crippen LogP contribution in [0.3, 0.4) is 0 Å². The smallest absolute Gasteiger partial charge is 0.0346 e. The third-order valence-electron chi connectivity index (χ3n) is 4.20. The van der Waals surface area contributed by atoms with Gasteiger partial charge in [0, 0.05) is 24.3 Å². The Hall–Kier alpha value is -0.900. The zero-order valence-electron chi connectivity index (χ0n) is 11.8. The zero-order valence-corrected chi connectivity index (χ0v) is 12.6. The zero-order chi connectivity index (χ0) is 13.3. The molecule has 1 fully saturated rings. The van der Waals surface area contributed by atoms with Crippen LogP contribution in [0.2, 0.25) is 0 Å². The summed E-state index contributed by atoms with van der Waals surface area (Å²) in [6.07, 6.45) is 1.30. The Morgan fingerprint density at radius 3 is 3.05 bits per heavy atom. The first kappa shape index (κ1) is 13.1. The minimum Gasteiger partial charge on any atom is -0.319 e. The van der Waals surface area contributed by atoms with Crippen LogP contribution in [-0.4, -0.2) is 31.6 Å². The lowest BCUT2D eigenvalue weighted by Crippen LogP contribution is -2.32. The molecule has 0 amide bonds. The Balaban J connectivity index is 1.73. The van der Waals surface area contributed by atoms with Crippen LogP contribution in [0.15, 0.2) is 29.6 Å². The molecule has 0 bridgehead atoms. The maximum atomic E-state index is 3.33. The number of likely N-dealkylation sites (tertiary alicyclic amines) is 1. The summed E-state index contributed by atoms with van der Waals surface area (Å²) in [5, 5.41) is 7.11. The molecule has 1 aliphatic rings. The molecule has 19 heavy (non-hydrogen) atoms. The van der Waals surface area contributed by atoms with Crippen molar-refractivity contribution >= 4 is 21.4 Å². The van der Waals surface area contributed by atoms with E-state index in [0.29, 0.717) is 5.41 Å². The molecule has 2 nitrogen and oxygen atoms in total. The molecule has 0 aliphatic carbocycles. The molecule has 1 aromatic carbocycles. The fourth-order valence-electron chi connectivity index (χ4n) is 3.23. The summed E-state index contributed by atoms with van der Waals surface area (Å²) in [5.41, 5.74) is 1.94. The maximum absolute atomic E-state index is 3.33. The van der Waals surface area contributed by atoms with E-state index in [1.54, 1.807) is 0 Å². The third-order valence-corrected chi connectivity index (χ3v) is 5.21. The molecule has 0 spiro atoms. The Bertz CT molecular complexity index is 563. The molecular formula is C16H22N2S. The van der Waals surface area contributed by atoms with Gasteiger partial charge in [-0.05, 0) is 47.8 Å². The van der Waals surface area contributed by atoms with E-state index in [-0.39, 0.29) is 0 Å². The SMILES string of the molecule is CNCC1(C)CCN(Cc2csc3ccccc23)C1. The summed E-state index contributed by atoms with van der Waals surface area (Å²) in [4.78, 5) is 2.60. The first-order valence-corrected chi connectivity index (χ1v) is 7.90. The van der Waals surface area contributed by atoms with Gasteiger partial charge in [-0.3, -0.25) is 4.90 Å². The van der Waals surface area contributed by atoms with Crippen LogP contribution < -0.4 is 5.32 Å². The molecule has 102 valence electrons. The normalized spacial score (nSPS) is 24.3. The van der Waals surface area contributed by atoms with E-state index in [0.717, 1.165) is 13.1 Å². The van der Waals surface area contributed by atoms with Crippen LogP contribution in [0, 0.1) is 5.41 Å². The predicted octanol–water partition coefficient (Wildman–Crippen LogP) is 3.33. The van der Waals surface area contributed by atoms with Crippen molar-refractivity contribution in [2.45, 2.75) is 19.9 Å². The van der Waals surface area contributed by atoms with Crippen molar-refractivity contribution in [1.29, 1.82) is 0 Å². The largest absolute Gasteiger partial charge is 0.319 e. The van der Waals surface area contributed by atoms with Gasteiger partial charge < -0.3 is 5.32 Å². The van der Waals surface area contributed by atoms with E-state index in [4.69, 9.17) is 0 Å². The molecule has 2 aromatic rings. The van der Waals surface area contributed by atoms with Gasteiger partial charge in [-0.1, -0.05) is 25.1 Å². The Morgan fingerprint density at radius 1 is 1.37 bits per heavy atom. The number of nitrogens with zero attached hydrogens (tertiary/aromatic N) is 1. The van der Waals surface area contributed by atoms with E-state index < -0.39 is 0 Å². The molecule has 2 heterocycles. The highest BCUT2D eigenvalue weighted by atomic mass is 32.1. The average Bonchev–Trinajstić information content (AvgIpc) is 2.96. The van der Waals surface area contributed by atoms with Crippen LogP contribution in [0.4, 0.5) is 0 Å². The minimum absolute atomic E-state index is 0.445. The molecule has 3 rings (SSSR count). The van der Waals surface area contributed by atoms with Gasteiger partial charge in [0.2, 0.25) is 0 Å². The van der Waals surface area contributed by atoms with E-state index in [9.17, 15) is 0 Å². The molecule has 1 N–H and O–H groups in total. The van der Waals surface area contributed by atoms with Gasteiger partial charge in [-0.2, -0.15) is 0 Å². The van der Waals surface area contributed by atoms with Crippen LogP contribution in [-0.2, 0) is 6.54 Å². The van der Waals surface area contributed by atoms with Crippen molar-refractivity contribution in [2.24, 2.45) is 5.41 Å². The standard InChI is InChI=1S/C16H22N2S/c1-16(11-17-2)7-8-18(12-16)9-13-10-19-15-6-4-3-5-14(13)15/h3-6,10,17H,7-9,11-12H2,1-2H3. The second kappa shape index (κ2) is 5.23. The minimum atomic E-state index is 0.445. The lowest BCUT2D eigenvalue weighted by Gasteiger charge is -2.24. The first-order valence-electron chi connectivity index (χ1n) is 7.02. The van der Waals surface area contributed by atoms with Crippen molar-refractivity contribution < 1.29 is 0 Å². The predicted molar refractivity (Wildman–Crippen MR) is 83.8 cm³/mol. The second-order valence-electron chi connectivity index (χ2n) is 6.06. The van der Waals surface area contributed by atoms with Crippen LogP contribution in [0.25, 0.3) is 10.1 Å². The highest BCUT2D eigenvalue weighted by molar-refractivity contribution is 7.17. The van der Waals surface area contributed by atoms with Gasteiger partial charge in [0.1, 0.15) is 0 Å². The van der Waals surface area contributed by atoms with Gasteiger partial charge in [0.25, 0.3) is 0 Å². The molecule has 0 radical (unpaired) electrons. The van der Waals surface area contributed by atoms with Crippen LogP contribution in [0.5, 0.6) is 0 Å². The molecule has 1 aliphatic heterocycles. The fourth-order valence-corrected chi connectivity index (χ4v) is 4.18. The first-order chi connectivity index (χ1) is 9.20. The Morgan fingerprint density at radius 2 is 2.21 bits per heavy atom. The summed E-state index contributed by atoms with van der Waals surface area (Å²) in [5.74, 6) is 0. The van der Waals surface area contributed by atoms with Gasteiger partial charge in [-0.25, -0.2) is 0 Å². The number of thiophene rings is 1. The molecule has 1 aromatic heterocycles. The van der Waals surface area contributed by atoms with Crippen molar-refractivity contribution in [3.05, 3.63) is 35.2 Å². The fraction of sp³-hybridized carbons (Fsp3) is 0.500. The lowest BCUT2D eigenvalue weighted by atomic mass is 9.90. The molecule has 3 heteroatoms. The molecular weight excluding hydrogens is 252 g/mol. The quantitative estimate of drug-likeness (QED) is 0.920. The number of fused-ring (bicyclic) bond motifs is 1. The molecule has 1 atom stereocenters. The van der Waals surface area contributed by atoms with Crippen LogP contribution in [0.1, 0.15) is 18.9 Å². The molecule has 1 saturated heterocycles. The highest BCUT2D eigenvalue weighted by Gasteiger charge is 2.33. The lowest BCUT2D eigenvalue weighted by molar-refractivity contribution is 0.266. The van der Waals surface area contributed by atoms with E-state index in [1.165, 1.54) is 35.2 Å². The topological polar surface area (TPSA) is 15.3 Å². The highest BCUT2D eigenvalue weighted by Crippen LogP contribution is 2.32. The molecule has 1 unspecified atom stereocenters. The monoisotopic (exact) mass is 274 g/mol. The maximum Gasteiger partial charge on any atom is 0.0346 e. The number of hydrogen-bond donors (Lipinski definition) is 1. The van der Waals surface area contributed by atoms with E-state index in [1.807, 2.05) is 11.3 Å². The number of nitrogens with one attached hydrogen (secondary N) is 1. The van der Waals surface area contributed by atoms with Crippen molar-refractivity contribution in [3.8, 4) is 0 Å². The average molecular weight is 274 g/mol. The summed E-state index contributed by atoms with van der Waals surface area (Å²) in [6.45, 7) is 7.05. The van der Waals surface area contributed by atoms with Gasteiger partial charge in [-0.15, -0.1) is 11.3 Å². The summed E-state index contributed by atoms with van der Waals surface area (Å²) < 4.78 is 1.41.